The third-order valence-electron chi connectivity index (χ3n) is 2.37. The second-order valence-corrected chi connectivity index (χ2v) is 4.61. The van der Waals surface area contributed by atoms with Gasteiger partial charge in [0.2, 0.25) is 5.91 Å². The van der Waals surface area contributed by atoms with Crippen LogP contribution in [0.15, 0.2) is 18.3 Å². The van der Waals surface area contributed by atoms with Gasteiger partial charge in [0, 0.05) is 25.7 Å². The van der Waals surface area contributed by atoms with E-state index in [2.05, 4.69) is 15.6 Å². The van der Waals surface area contributed by atoms with Gasteiger partial charge < -0.3 is 15.7 Å². The molecule has 1 aromatic heterocycles. The zero-order valence-corrected chi connectivity index (χ0v) is 11.1. The number of carboxylic acids is 1. The molecule has 1 heterocycles. The summed E-state index contributed by atoms with van der Waals surface area (Å²) in [6.45, 7) is 5.13. The second-order valence-electron chi connectivity index (χ2n) is 4.61. The van der Waals surface area contributed by atoms with Crippen molar-refractivity contribution in [1.82, 2.24) is 10.3 Å². The molecule has 0 unspecified atom stereocenters. The van der Waals surface area contributed by atoms with E-state index in [1.165, 1.54) is 18.3 Å². The number of nitrogens with zero attached hydrogens (tertiary/aromatic N) is 1. The number of carbonyl (C=O) groups is 2. The Hall–Kier alpha value is -2.11. The first-order valence-electron chi connectivity index (χ1n) is 6.19. The number of carbonyl (C=O) groups excluding carboxylic acids is 1. The van der Waals surface area contributed by atoms with E-state index in [4.69, 9.17) is 5.11 Å². The van der Waals surface area contributed by atoms with Crippen molar-refractivity contribution in [1.29, 1.82) is 0 Å². The molecule has 0 bridgehead atoms. The number of hydrogen-bond donors (Lipinski definition) is 3. The SMILES string of the molecule is CC(C)CNC(=O)CCNc1cc(C(=O)O)ccn1. The van der Waals surface area contributed by atoms with Crippen LogP contribution in [-0.4, -0.2) is 35.1 Å². The quantitative estimate of drug-likeness (QED) is 0.692. The molecule has 0 aliphatic rings. The molecule has 0 saturated heterocycles. The molecule has 0 aliphatic heterocycles. The lowest BCUT2D eigenvalue weighted by atomic mass is 10.2. The second kappa shape index (κ2) is 7.35. The monoisotopic (exact) mass is 265 g/mol. The van der Waals surface area contributed by atoms with Crippen LogP contribution in [0.25, 0.3) is 0 Å². The first kappa shape index (κ1) is 14.9. The molecular weight excluding hydrogens is 246 g/mol. The van der Waals surface area contributed by atoms with E-state index >= 15 is 0 Å². The summed E-state index contributed by atoms with van der Waals surface area (Å²) >= 11 is 0. The third-order valence-corrected chi connectivity index (χ3v) is 2.37. The average molecular weight is 265 g/mol. The van der Waals surface area contributed by atoms with Gasteiger partial charge in [-0.15, -0.1) is 0 Å². The van der Waals surface area contributed by atoms with Crippen molar-refractivity contribution in [3.8, 4) is 0 Å². The predicted octanol–water partition coefficient (Wildman–Crippen LogP) is 1.35. The van der Waals surface area contributed by atoms with Gasteiger partial charge >= 0.3 is 5.97 Å². The van der Waals surface area contributed by atoms with Gasteiger partial charge in [-0.3, -0.25) is 4.79 Å². The van der Waals surface area contributed by atoms with Crippen molar-refractivity contribution in [2.24, 2.45) is 5.92 Å². The van der Waals surface area contributed by atoms with Gasteiger partial charge in [-0.25, -0.2) is 9.78 Å². The Labute approximate surface area is 112 Å². The fraction of sp³-hybridized carbons (Fsp3) is 0.462. The van der Waals surface area contributed by atoms with Crippen LogP contribution in [0.1, 0.15) is 30.6 Å². The molecule has 1 amide bonds. The fourth-order valence-corrected chi connectivity index (χ4v) is 1.37. The van der Waals surface area contributed by atoms with Crippen LogP contribution in [0.3, 0.4) is 0 Å². The molecule has 0 atom stereocenters. The zero-order valence-electron chi connectivity index (χ0n) is 11.1. The van der Waals surface area contributed by atoms with E-state index in [1.54, 1.807) is 0 Å². The van der Waals surface area contributed by atoms with E-state index in [0.717, 1.165) is 0 Å². The molecule has 0 spiro atoms. The van der Waals surface area contributed by atoms with Gasteiger partial charge in [-0.1, -0.05) is 13.8 Å². The summed E-state index contributed by atoms with van der Waals surface area (Å²) in [4.78, 5) is 26.2. The van der Waals surface area contributed by atoms with Gasteiger partial charge in [-0.2, -0.15) is 0 Å². The summed E-state index contributed by atoms with van der Waals surface area (Å²) in [6, 6.07) is 2.86. The topological polar surface area (TPSA) is 91.3 Å². The van der Waals surface area contributed by atoms with E-state index < -0.39 is 5.97 Å². The maximum Gasteiger partial charge on any atom is 0.335 e. The number of aromatic nitrogens is 1. The van der Waals surface area contributed by atoms with Gasteiger partial charge in [0.1, 0.15) is 5.82 Å². The molecule has 0 fully saturated rings. The molecule has 0 saturated carbocycles. The summed E-state index contributed by atoms with van der Waals surface area (Å²) in [6.07, 6.45) is 1.75. The van der Waals surface area contributed by atoms with Crippen LogP contribution in [0.2, 0.25) is 0 Å². The van der Waals surface area contributed by atoms with Crippen LogP contribution in [-0.2, 0) is 4.79 Å². The van der Waals surface area contributed by atoms with E-state index in [1.807, 2.05) is 13.8 Å². The Bertz CT molecular complexity index is 447. The van der Waals surface area contributed by atoms with Crippen molar-refractivity contribution >= 4 is 17.7 Å². The highest BCUT2D eigenvalue weighted by Gasteiger charge is 2.05. The molecule has 19 heavy (non-hydrogen) atoms. The number of anilines is 1. The molecule has 0 aromatic carbocycles. The largest absolute Gasteiger partial charge is 0.478 e. The summed E-state index contributed by atoms with van der Waals surface area (Å²) < 4.78 is 0. The van der Waals surface area contributed by atoms with Crippen LogP contribution in [0.4, 0.5) is 5.82 Å². The summed E-state index contributed by atoms with van der Waals surface area (Å²) in [5.74, 6) is -0.155. The minimum atomic E-state index is -1.000. The fourth-order valence-electron chi connectivity index (χ4n) is 1.37. The van der Waals surface area contributed by atoms with Crippen molar-refractivity contribution in [3.63, 3.8) is 0 Å². The molecule has 1 rings (SSSR count). The summed E-state index contributed by atoms with van der Waals surface area (Å²) in [5.41, 5.74) is 0.168. The molecule has 3 N–H and O–H groups in total. The van der Waals surface area contributed by atoms with Crippen molar-refractivity contribution in [2.75, 3.05) is 18.4 Å². The standard InChI is InChI=1S/C13H19N3O3/c1-9(2)8-16-12(17)4-6-15-11-7-10(13(18)19)3-5-14-11/h3,5,7,9H,4,6,8H2,1-2H3,(H,14,15)(H,16,17)(H,18,19). The molecule has 1 aromatic rings. The zero-order chi connectivity index (χ0) is 14.3. The van der Waals surface area contributed by atoms with E-state index in [-0.39, 0.29) is 11.5 Å². The highest BCUT2D eigenvalue weighted by atomic mass is 16.4. The van der Waals surface area contributed by atoms with E-state index in [0.29, 0.717) is 31.2 Å². The highest BCUT2D eigenvalue weighted by Crippen LogP contribution is 2.06. The third kappa shape index (κ3) is 5.85. The number of amides is 1. The first-order valence-corrected chi connectivity index (χ1v) is 6.19. The molecule has 6 heteroatoms. The maximum atomic E-state index is 11.4. The number of rotatable bonds is 7. The number of carboxylic acid groups (broad SMARTS) is 1. The maximum absolute atomic E-state index is 11.4. The first-order chi connectivity index (χ1) is 8.99. The number of nitrogens with one attached hydrogen (secondary N) is 2. The lowest BCUT2D eigenvalue weighted by Crippen LogP contribution is -2.28. The molecule has 0 aliphatic carbocycles. The molecule has 0 radical (unpaired) electrons. The lowest BCUT2D eigenvalue weighted by Gasteiger charge is -2.08. The Morgan fingerprint density at radius 1 is 1.42 bits per heavy atom. The summed E-state index contributed by atoms with van der Waals surface area (Å²) in [5, 5.41) is 14.6. The minimum absolute atomic E-state index is 0.0319. The normalized spacial score (nSPS) is 10.3. The van der Waals surface area contributed by atoms with Gasteiger partial charge in [0.15, 0.2) is 0 Å². The molecular formula is C13H19N3O3. The van der Waals surface area contributed by atoms with Crippen LogP contribution < -0.4 is 10.6 Å². The minimum Gasteiger partial charge on any atom is -0.478 e. The van der Waals surface area contributed by atoms with Crippen LogP contribution in [0.5, 0.6) is 0 Å². The Balaban J connectivity index is 2.35. The number of aromatic carboxylic acids is 1. The van der Waals surface area contributed by atoms with Crippen molar-refractivity contribution < 1.29 is 14.7 Å². The Kier molecular flexibility index (Phi) is 5.78. The number of hydrogen-bond acceptors (Lipinski definition) is 4. The van der Waals surface area contributed by atoms with Gasteiger partial charge in [0.05, 0.1) is 5.56 Å². The lowest BCUT2D eigenvalue weighted by molar-refractivity contribution is -0.120. The van der Waals surface area contributed by atoms with Crippen LogP contribution >= 0.6 is 0 Å². The van der Waals surface area contributed by atoms with Crippen LogP contribution in [0, 0.1) is 5.92 Å². The smallest absolute Gasteiger partial charge is 0.335 e. The van der Waals surface area contributed by atoms with Gasteiger partial charge in [-0.05, 0) is 18.1 Å². The Morgan fingerprint density at radius 3 is 2.79 bits per heavy atom. The number of pyridine rings is 1. The van der Waals surface area contributed by atoms with E-state index in [9.17, 15) is 9.59 Å². The van der Waals surface area contributed by atoms with Crippen molar-refractivity contribution in [2.45, 2.75) is 20.3 Å². The van der Waals surface area contributed by atoms with Crippen molar-refractivity contribution in [3.05, 3.63) is 23.9 Å². The average Bonchev–Trinajstić information content (AvgIpc) is 2.36. The summed E-state index contributed by atoms with van der Waals surface area (Å²) in [7, 11) is 0. The highest BCUT2D eigenvalue weighted by molar-refractivity contribution is 5.88. The predicted molar refractivity (Wildman–Crippen MR) is 72.2 cm³/mol. The molecule has 6 nitrogen and oxygen atoms in total. The molecule has 104 valence electrons. The van der Waals surface area contributed by atoms with Gasteiger partial charge in [0.25, 0.3) is 0 Å². The Morgan fingerprint density at radius 2 is 2.16 bits per heavy atom.